The monoisotopic (exact) mass is 292 g/mol. The van der Waals surface area contributed by atoms with Crippen molar-refractivity contribution in [3.63, 3.8) is 0 Å². The van der Waals surface area contributed by atoms with Crippen molar-refractivity contribution in [3.05, 3.63) is 0 Å². The first-order chi connectivity index (χ1) is 9.94. The first kappa shape index (κ1) is 15.4. The molecule has 3 aliphatic carbocycles. The summed E-state index contributed by atoms with van der Waals surface area (Å²) < 4.78 is 5.22. The predicted octanol–water partition coefficient (Wildman–Crippen LogP) is 4.82. The average Bonchev–Trinajstić information content (AvgIpc) is 2.51. The van der Waals surface area contributed by atoms with E-state index in [1.807, 2.05) is 0 Å². The van der Waals surface area contributed by atoms with Gasteiger partial charge in [-0.1, -0.05) is 33.1 Å². The number of rotatable bonds is 1. The van der Waals surface area contributed by atoms with Crippen LogP contribution in [0.25, 0.3) is 0 Å². The number of esters is 1. The molecule has 3 fully saturated rings. The summed E-state index contributed by atoms with van der Waals surface area (Å²) in [6.07, 6.45) is 10.4. The highest BCUT2D eigenvalue weighted by atomic mass is 16.5. The van der Waals surface area contributed by atoms with E-state index >= 15 is 0 Å². The SMILES string of the molecule is COC(=O)[C@@]1(C)CCC(C)[C@@]2(C)C1CC[C@H]1CCCC[C@@H]12. The summed E-state index contributed by atoms with van der Waals surface area (Å²) in [5.74, 6) is 3.05. The fourth-order valence-corrected chi connectivity index (χ4v) is 6.52. The van der Waals surface area contributed by atoms with E-state index < -0.39 is 0 Å². The van der Waals surface area contributed by atoms with Crippen molar-refractivity contribution in [1.29, 1.82) is 0 Å². The molecule has 120 valence electrons. The van der Waals surface area contributed by atoms with Crippen molar-refractivity contribution in [3.8, 4) is 0 Å². The van der Waals surface area contributed by atoms with E-state index in [0.717, 1.165) is 24.2 Å². The van der Waals surface area contributed by atoms with Crippen molar-refractivity contribution >= 4 is 5.97 Å². The van der Waals surface area contributed by atoms with Crippen LogP contribution >= 0.6 is 0 Å². The molecule has 3 saturated carbocycles. The lowest BCUT2D eigenvalue weighted by Gasteiger charge is -2.62. The Balaban J connectivity index is 1.98. The van der Waals surface area contributed by atoms with Crippen LogP contribution < -0.4 is 0 Å². The minimum Gasteiger partial charge on any atom is -0.469 e. The minimum atomic E-state index is -0.252. The van der Waals surface area contributed by atoms with Gasteiger partial charge < -0.3 is 4.74 Å². The second-order valence-corrected chi connectivity index (χ2v) is 8.50. The number of carbonyl (C=O) groups excluding carboxylic acids is 1. The molecular formula is C19H32O2. The average molecular weight is 292 g/mol. The van der Waals surface area contributed by atoms with Crippen LogP contribution in [0.2, 0.25) is 0 Å². The van der Waals surface area contributed by atoms with Crippen molar-refractivity contribution in [1.82, 2.24) is 0 Å². The van der Waals surface area contributed by atoms with E-state index in [4.69, 9.17) is 4.74 Å². The standard InChI is InChI=1S/C19H32O2/c1-13-11-12-18(2,17(20)21-4)16-10-9-14-7-5-6-8-15(14)19(13,16)3/h13-16H,5-12H2,1-4H3/t13?,14-,15+,16?,18+,19-/m1/s1. The van der Waals surface area contributed by atoms with Gasteiger partial charge in [-0.3, -0.25) is 4.79 Å². The summed E-state index contributed by atoms with van der Waals surface area (Å²) >= 11 is 0. The van der Waals surface area contributed by atoms with E-state index in [1.165, 1.54) is 44.9 Å². The normalized spacial score (nSPS) is 49.9. The molecular weight excluding hydrogens is 260 g/mol. The van der Waals surface area contributed by atoms with E-state index in [1.54, 1.807) is 7.11 Å². The van der Waals surface area contributed by atoms with E-state index in [-0.39, 0.29) is 11.4 Å². The molecule has 0 bridgehead atoms. The first-order valence-electron chi connectivity index (χ1n) is 9.03. The Morgan fingerprint density at radius 3 is 2.48 bits per heavy atom. The largest absolute Gasteiger partial charge is 0.469 e. The second-order valence-electron chi connectivity index (χ2n) is 8.50. The molecule has 0 aromatic heterocycles. The molecule has 0 amide bonds. The molecule has 0 aromatic carbocycles. The van der Waals surface area contributed by atoms with E-state index in [0.29, 0.717) is 11.3 Å². The molecule has 2 heteroatoms. The predicted molar refractivity (Wildman–Crippen MR) is 84.8 cm³/mol. The lowest BCUT2D eigenvalue weighted by atomic mass is 9.41. The van der Waals surface area contributed by atoms with Gasteiger partial charge >= 0.3 is 5.97 Å². The number of methoxy groups -OCH3 is 1. The van der Waals surface area contributed by atoms with Crippen molar-refractivity contribution in [2.24, 2.45) is 34.5 Å². The van der Waals surface area contributed by atoms with Crippen LogP contribution in [0.3, 0.4) is 0 Å². The van der Waals surface area contributed by atoms with Gasteiger partial charge in [-0.05, 0) is 68.1 Å². The van der Waals surface area contributed by atoms with Gasteiger partial charge in [0.1, 0.15) is 0 Å². The Morgan fingerprint density at radius 2 is 1.76 bits per heavy atom. The lowest BCUT2D eigenvalue weighted by Crippen LogP contribution is -2.58. The van der Waals surface area contributed by atoms with Crippen molar-refractivity contribution < 1.29 is 9.53 Å². The molecule has 3 rings (SSSR count). The molecule has 6 atom stereocenters. The number of fused-ring (bicyclic) bond motifs is 3. The number of carbonyl (C=O) groups is 1. The maximum absolute atomic E-state index is 12.5. The molecule has 0 aliphatic heterocycles. The van der Waals surface area contributed by atoms with Crippen LogP contribution in [-0.4, -0.2) is 13.1 Å². The zero-order valence-electron chi connectivity index (χ0n) is 14.3. The third kappa shape index (κ3) is 2.08. The summed E-state index contributed by atoms with van der Waals surface area (Å²) in [5.41, 5.74) is 0.0863. The molecule has 0 radical (unpaired) electrons. The molecule has 3 aliphatic rings. The fraction of sp³-hybridized carbons (Fsp3) is 0.947. The second kappa shape index (κ2) is 5.28. The summed E-state index contributed by atoms with van der Waals surface area (Å²) in [6, 6.07) is 0. The Bertz CT molecular complexity index is 418. The summed E-state index contributed by atoms with van der Waals surface area (Å²) in [4.78, 5) is 12.5. The van der Waals surface area contributed by atoms with Gasteiger partial charge in [-0.15, -0.1) is 0 Å². The molecule has 0 N–H and O–H groups in total. The van der Waals surface area contributed by atoms with Crippen LogP contribution in [0, 0.1) is 34.5 Å². The number of hydrogen-bond donors (Lipinski definition) is 0. The number of hydrogen-bond acceptors (Lipinski definition) is 2. The first-order valence-corrected chi connectivity index (χ1v) is 9.03. The lowest BCUT2D eigenvalue weighted by molar-refractivity contribution is -0.184. The molecule has 2 unspecified atom stereocenters. The molecule has 0 heterocycles. The highest BCUT2D eigenvalue weighted by Gasteiger charge is 2.61. The van der Waals surface area contributed by atoms with E-state index in [9.17, 15) is 4.79 Å². The van der Waals surface area contributed by atoms with Gasteiger partial charge in [0.05, 0.1) is 12.5 Å². The number of ether oxygens (including phenoxy) is 1. The van der Waals surface area contributed by atoms with Crippen LogP contribution in [0.5, 0.6) is 0 Å². The molecule has 21 heavy (non-hydrogen) atoms. The fourth-order valence-electron chi connectivity index (χ4n) is 6.52. The molecule has 2 nitrogen and oxygen atoms in total. The van der Waals surface area contributed by atoms with Gasteiger partial charge in [-0.25, -0.2) is 0 Å². The third-order valence-electron chi connectivity index (χ3n) is 7.86. The van der Waals surface area contributed by atoms with Gasteiger partial charge in [0.25, 0.3) is 0 Å². The molecule has 0 aromatic rings. The molecule has 0 saturated heterocycles. The Hall–Kier alpha value is -0.530. The highest BCUT2D eigenvalue weighted by molar-refractivity contribution is 5.77. The van der Waals surface area contributed by atoms with Gasteiger partial charge in [0.15, 0.2) is 0 Å². The van der Waals surface area contributed by atoms with E-state index in [2.05, 4.69) is 20.8 Å². The Labute approximate surface area is 130 Å². The van der Waals surface area contributed by atoms with Crippen LogP contribution in [0.4, 0.5) is 0 Å². The smallest absolute Gasteiger partial charge is 0.311 e. The summed E-state index contributed by atoms with van der Waals surface area (Å²) in [6.45, 7) is 7.16. The topological polar surface area (TPSA) is 26.3 Å². The van der Waals surface area contributed by atoms with Crippen LogP contribution in [0.15, 0.2) is 0 Å². The Kier molecular flexibility index (Phi) is 3.86. The molecule has 0 spiro atoms. The summed E-state index contributed by atoms with van der Waals surface area (Å²) in [5, 5.41) is 0. The van der Waals surface area contributed by atoms with Gasteiger partial charge in [-0.2, -0.15) is 0 Å². The van der Waals surface area contributed by atoms with Gasteiger partial charge in [0.2, 0.25) is 0 Å². The van der Waals surface area contributed by atoms with Crippen LogP contribution in [-0.2, 0) is 9.53 Å². The minimum absolute atomic E-state index is 0.0416. The Morgan fingerprint density at radius 1 is 1.05 bits per heavy atom. The maximum Gasteiger partial charge on any atom is 0.311 e. The zero-order chi connectivity index (χ0) is 15.3. The highest BCUT2D eigenvalue weighted by Crippen LogP contribution is 2.65. The summed E-state index contributed by atoms with van der Waals surface area (Å²) in [7, 11) is 1.56. The van der Waals surface area contributed by atoms with Crippen molar-refractivity contribution in [2.75, 3.05) is 7.11 Å². The van der Waals surface area contributed by atoms with Crippen molar-refractivity contribution in [2.45, 2.75) is 72.1 Å². The quantitative estimate of drug-likeness (QED) is 0.648. The zero-order valence-corrected chi connectivity index (χ0v) is 14.3. The van der Waals surface area contributed by atoms with Gasteiger partial charge in [0, 0.05) is 0 Å². The third-order valence-corrected chi connectivity index (χ3v) is 7.86. The maximum atomic E-state index is 12.5. The van der Waals surface area contributed by atoms with Crippen LogP contribution in [0.1, 0.15) is 72.1 Å².